The third kappa shape index (κ3) is 3.40. The van der Waals surface area contributed by atoms with Gasteiger partial charge >= 0.3 is 0 Å². The maximum Gasteiger partial charge on any atom is 0.187 e. The van der Waals surface area contributed by atoms with Gasteiger partial charge in [0, 0.05) is 23.5 Å². The number of ketones is 1. The lowest BCUT2D eigenvalue weighted by molar-refractivity contribution is 0.104. The van der Waals surface area contributed by atoms with Gasteiger partial charge in [-0.25, -0.2) is 0 Å². The van der Waals surface area contributed by atoms with Crippen LogP contribution in [0.5, 0.6) is 0 Å². The monoisotopic (exact) mass is 277 g/mol. The van der Waals surface area contributed by atoms with Crippen LogP contribution in [0.2, 0.25) is 0 Å². The highest BCUT2D eigenvalue weighted by molar-refractivity contribution is 6.04. The van der Waals surface area contributed by atoms with Crippen LogP contribution in [0.1, 0.15) is 34.3 Å². The van der Waals surface area contributed by atoms with Gasteiger partial charge in [0.05, 0.1) is 0 Å². The Balaban J connectivity index is 1.68. The van der Waals surface area contributed by atoms with Crippen molar-refractivity contribution in [2.24, 2.45) is 0 Å². The van der Waals surface area contributed by atoms with Crippen LogP contribution in [0.25, 0.3) is 0 Å². The summed E-state index contributed by atoms with van der Waals surface area (Å²) in [5.74, 6) is 0.0480. The van der Waals surface area contributed by atoms with Gasteiger partial charge in [0.2, 0.25) is 0 Å². The van der Waals surface area contributed by atoms with Gasteiger partial charge in [0.1, 0.15) is 0 Å². The van der Waals surface area contributed by atoms with E-state index in [1.165, 1.54) is 24.0 Å². The molecule has 0 unspecified atom stereocenters. The van der Waals surface area contributed by atoms with E-state index in [0.717, 1.165) is 24.1 Å². The van der Waals surface area contributed by atoms with Gasteiger partial charge in [-0.1, -0.05) is 30.3 Å². The van der Waals surface area contributed by atoms with Gasteiger partial charge in [-0.15, -0.1) is 0 Å². The normalized spacial score (nSPS) is 13.9. The van der Waals surface area contributed by atoms with E-state index in [1.807, 2.05) is 36.4 Å². The largest absolute Gasteiger partial charge is 0.362 e. The minimum atomic E-state index is 0.0480. The summed E-state index contributed by atoms with van der Waals surface area (Å²) >= 11 is 0. The van der Waals surface area contributed by atoms with Crippen LogP contribution in [0.4, 0.5) is 5.69 Å². The average Bonchev–Trinajstić information content (AvgIpc) is 2.55. The van der Waals surface area contributed by atoms with E-state index in [-0.39, 0.29) is 5.78 Å². The molecule has 0 fully saturated rings. The standard InChI is InChI=1S/C19H19NO/c21-19(12-13-20-18-8-2-1-3-9-18)17-11-10-15-6-4-5-7-16(15)14-17/h1-3,8-14,20H,4-7H2/b13-12-. The van der Waals surface area contributed by atoms with Gasteiger partial charge < -0.3 is 5.32 Å². The molecule has 2 heteroatoms. The Morgan fingerprint density at radius 2 is 1.71 bits per heavy atom. The molecule has 0 radical (unpaired) electrons. The summed E-state index contributed by atoms with van der Waals surface area (Å²) in [7, 11) is 0. The summed E-state index contributed by atoms with van der Waals surface area (Å²) in [5.41, 5.74) is 4.51. The number of allylic oxidation sites excluding steroid dienone is 1. The minimum Gasteiger partial charge on any atom is -0.362 e. The van der Waals surface area contributed by atoms with E-state index in [4.69, 9.17) is 0 Å². The molecule has 0 aromatic heterocycles. The summed E-state index contributed by atoms with van der Waals surface area (Å²) < 4.78 is 0. The number of carbonyl (C=O) groups is 1. The second kappa shape index (κ2) is 6.40. The molecule has 1 aliphatic rings. The fraction of sp³-hybridized carbons (Fsp3) is 0.211. The van der Waals surface area contributed by atoms with Crippen molar-refractivity contribution >= 4 is 11.5 Å². The summed E-state index contributed by atoms with van der Waals surface area (Å²) in [6.07, 6.45) is 8.05. The van der Waals surface area contributed by atoms with Crippen molar-refractivity contribution in [2.45, 2.75) is 25.7 Å². The van der Waals surface area contributed by atoms with E-state index in [2.05, 4.69) is 17.4 Å². The number of anilines is 1. The molecular formula is C19H19NO. The molecule has 0 amide bonds. The first-order valence-electron chi connectivity index (χ1n) is 7.47. The number of fused-ring (bicyclic) bond motifs is 1. The highest BCUT2D eigenvalue weighted by atomic mass is 16.1. The fourth-order valence-electron chi connectivity index (χ4n) is 2.73. The van der Waals surface area contributed by atoms with E-state index < -0.39 is 0 Å². The quantitative estimate of drug-likeness (QED) is 0.664. The Morgan fingerprint density at radius 1 is 0.952 bits per heavy atom. The predicted octanol–water partition coefficient (Wildman–Crippen LogP) is 4.37. The lowest BCUT2D eigenvalue weighted by Crippen LogP contribution is -2.05. The summed E-state index contributed by atoms with van der Waals surface area (Å²) in [5, 5.41) is 3.11. The first-order valence-corrected chi connectivity index (χ1v) is 7.47. The van der Waals surface area contributed by atoms with Crippen LogP contribution in [0.3, 0.4) is 0 Å². The highest BCUT2D eigenvalue weighted by Gasteiger charge is 2.11. The molecule has 2 aromatic rings. The van der Waals surface area contributed by atoms with Gasteiger partial charge in [-0.05, 0) is 55.0 Å². The van der Waals surface area contributed by atoms with Crippen LogP contribution in [0.15, 0.2) is 60.8 Å². The molecule has 0 aliphatic heterocycles. The van der Waals surface area contributed by atoms with E-state index in [9.17, 15) is 4.79 Å². The Hall–Kier alpha value is -2.35. The molecule has 0 saturated heterocycles. The molecule has 1 aliphatic carbocycles. The first-order chi connectivity index (χ1) is 10.3. The number of nitrogens with one attached hydrogen (secondary N) is 1. The molecule has 2 aromatic carbocycles. The molecule has 2 nitrogen and oxygen atoms in total. The number of rotatable bonds is 4. The number of hydrogen-bond acceptors (Lipinski definition) is 2. The summed E-state index contributed by atoms with van der Waals surface area (Å²) in [6, 6.07) is 15.9. The molecule has 0 bridgehead atoms. The maximum atomic E-state index is 12.2. The van der Waals surface area contributed by atoms with Crippen LogP contribution in [0, 0.1) is 0 Å². The second-order valence-electron chi connectivity index (χ2n) is 5.40. The van der Waals surface area contributed by atoms with Gasteiger partial charge in [-0.2, -0.15) is 0 Å². The maximum absolute atomic E-state index is 12.2. The van der Waals surface area contributed by atoms with Crippen molar-refractivity contribution < 1.29 is 4.79 Å². The van der Waals surface area contributed by atoms with E-state index in [0.29, 0.717) is 0 Å². The molecule has 1 N–H and O–H groups in total. The SMILES string of the molecule is O=C(/C=C\Nc1ccccc1)c1ccc2c(c1)CCCC2. The summed E-state index contributed by atoms with van der Waals surface area (Å²) in [4.78, 5) is 12.2. The molecular weight excluding hydrogens is 258 g/mol. The number of para-hydroxylation sites is 1. The van der Waals surface area contributed by atoms with Crippen molar-refractivity contribution in [3.8, 4) is 0 Å². The van der Waals surface area contributed by atoms with Crippen molar-refractivity contribution in [3.63, 3.8) is 0 Å². The fourth-order valence-corrected chi connectivity index (χ4v) is 2.73. The van der Waals surface area contributed by atoms with E-state index in [1.54, 1.807) is 12.3 Å². The number of carbonyl (C=O) groups excluding carboxylic acids is 1. The van der Waals surface area contributed by atoms with Gasteiger partial charge in [0.15, 0.2) is 5.78 Å². The smallest absolute Gasteiger partial charge is 0.187 e. The number of benzene rings is 2. The zero-order chi connectivity index (χ0) is 14.5. The Labute approximate surface area is 125 Å². The van der Waals surface area contributed by atoms with Crippen molar-refractivity contribution in [3.05, 3.63) is 77.5 Å². The molecule has 0 heterocycles. The second-order valence-corrected chi connectivity index (χ2v) is 5.40. The molecule has 0 saturated carbocycles. The Bertz CT molecular complexity index is 659. The lowest BCUT2D eigenvalue weighted by atomic mass is 9.90. The highest BCUT2D eigenvalue weighted by Crippen LogP contribution is 2.22. The summed E-state index contributed by atoms with van der Waals surface area (Å²) in [6.45, 7) is 0. The van der Waals surface area contributed by atoms with Crippen LogP contribution in [-0.4, -0.2) is 5.78 Å². The molecule has 3 rings (SSSR count). The zero-order valence-corrected chi connectivity index (χ0v) is 12.0. The van der Waals surface area contributed by atoms with Crippen LogP contribution >= 0.6 is 0 Å². The number of aryl methyl sites for hydroxylation is 2. The molecule has 21 heavy (non-hydrogen) atoms. The lowest BCUT2D eigenvalue weighted by Gasteiger charge is -2.15. The van der Waals surface area contributed by atoms with Crippen molar-refractivity contribution in [2.75, 3.05) is 5.32 Å². The first kappa shape index (κ1) is 13.6. The van der Waals surface area contributed by atoms with Gasteiger partial charge in [-0.3, -0.25) is 4.79 Å². The Kier molecular flexibility index (Phi) is 4.15. The minimum absolute atomic E-state index is 0.0480. The van der Waals surface area contributed by atoms with E-state index >= 15 is 0 Å². The van der Waals surface area contributed by atoms with Gasteiger partial charge in [0.25, 0.3) is 0 Å². The van der Waals surface area contributed by atoms with Crippen LogP contribution in [-0.2, 0) is 12.8 Å². The molecule has 0 atom stereocenters. The van der Waals surface area contributed by atoms with Crippen LogP contribution < -0.4 is 5.32 Å². The third-order valence-electron chi connectivity index (χ3n) is 3.89. The molecule has 106 valence electrons. The van der Waals surface area contributed by atoms with Crippen molar-refractivity contribution in [1.29, 1.82) is 0 Å². The topological polar surface area (TPSA) is 29.1 Å². The molecule has 0 spiro atoms. The Morgan fingerprint density at radius 3 is 2.52 bits per heavy atom. The predicted molar refractivity (Wildman–Crippen MR) is 86.6 cm³/mol. The average molecular weight is 277 g/mol. The number of hydrogen-bond donors (Lipinski definition) is 1. The van der Waals surface area contributed by atoms with Crippen molar-refractivity contribution in [1.82, 2.24) is 0 Å². The zero-order valence-electron chi connectivity index (χ0n) is 12.0. The third-order valence-corrected chi connectivity index (χ3v) is 3.89.